The van der Waals surface area contributed by atoms with E-state index in [1.54, 1.807) is 7.11 Å². The van der Waals surface area contributed by atoms with Gasteiger partial charge in [0.15, 0.2) is 0 Å². The number of nitrogens with zero attached hydrogens (tertiary/aromatic N) is 1. The van der Waals surface area contributed by atoms with Crippen LogP contribution in [0.5, 0.6) is 5.75 Å². The molecular weight excluding hydrogens is 398 g/mol. The molecule has 0 aliphatic carbocycles. The summed E-state index contributed by atoms with van der Waals surface area (Å²) >= 11 is 1.53. The van der Waals surface area contributed by atoms with Gasteiger partial charge >= 0.3 is 0 Å². The van der Waals surface area contributed by atoms with Gasteiger partial charge in [-0.25, -0.2) is 0 Å². The van der Waals surface area contributed by atoms with Crippen LogP contribution in [0.15, 0.2) is 30.3 Å². The SMILES string of the molecule is CCCNC(=O)CN1CCC(NC(=O)c2cc(-c3ccc(OC)cc3)c(C)s2)CC1. The van der Waals surface area contributed by atoms with Crippen molar-refractivity contribution in [2.24, 2.45) is 0 Å². The lowest BCUT2D eigenvalue weighted by molar-refractivity contribution is -0.122. The zero-order chi connectivity index (χ0) is 21.5. The number of aryl methyl sites for hydroxylation is 1. The van der Waals surface area contributed by atoms with Crippen molar-refractivity contribution in [3.8, 4) is 16.9 Å². The molecule has 1 aliphatic heterocycles. The maximum atomic E-state index is 12.8. The summed E-state index contributed by atoms with van der Waals surface area (Å²) in [5.74, 6) is 0.889. The third kappa shape index (κ3) is 5.83. The zero-order valence-electron chi connectivity index (χ0n) is 18.0. The van der Waals surface area contributed by atoms with Gasteiger partial charge in [-0.3, -0.25) is 14.5 Å². The highest BCUT2D eigenvalue weighted by molar-refractivity contribution is 7.14. The number of thiophene rings is 1. The van der Waals surface area contributed by atoms with Crippen molar-refractivity contribution in [2.75, 3.05) is 33.3 Å². The number of hydrogen-bond acceptors (Lipinski definition) is 5. The Labute approximate surface area is 182 Å². The summed E-state index contributed by atoms with van der Waals surface area (Å²) < 4.78 is 5.22. The van der Waals surface area contributed by atoms with Gasteiger partial charge in [-0.15, -0.1) is 11.3 Å². The third-order valence-corrected chi connectivity index (χ3v) is 6.45. The molecule has 2 amide bonds. The van der Waals surface area contributed by atoms with Gasteiger partial charge in [0.05, 0.1) is 18.5 Å². The molecule has 2 heterocycles. The number of hydrogen-bond donors (Lipinski definition) is 2. The van der Waals surface area contributed by atoms with E-state index >= 15 is 0 Å². The molecule has 2 aromatic rings. The fourth-order valence-corrected chi connectivity index (χ4v) is 4.61. The quantitative estimate of drug-likeness (QED) is 0.674. The predicted octanol–water partition coefficient (Wildman–Crippen LogP) is 3.45. The largest absolute Gasteiger partial charge is 0.497 e. The number of nitrogens with one attached hydrogen (secondary N) is 2. The van der Waals surface area contributed by atoms with E-state index in [-0.39, 0.29) is 17.9 Å². The van der Waals surface area contributed by atoms with Crippen LogP contribution in [0.1, 0.15) is 40.7 Å². The smallest absolute Gasteiger partial charge is 0.261 e. The number of carbonyl (C=O) groups excluding carboxylic acids is 2. The molecule has 0 spiro atoms. The molecule has 0 atom stereocenters. The van der Waals surface area contributed by atoms with E-state index in [1.165, 1.54) is 11.3 Å². The van der Waals surface area contributed by atoms with Gasteiger partial charge in [-0.1, -0.05) is 19.1 Å². The summed E-state index contributed by atoms with van der Waals surface area (Å²) in [6.07, 6.45) is 2.67. The molecule has 1 fully saturated rings. The number of rotatable bonds is 8. The van der Waals surface area contributed by atoms with Crippen LogP contribution >= 0.6 is 11.3 Å². The first kappa shape index (κ1) is 22.3. The Morgan fingerprint density at radius 1 is 1.20 bits per heavy atom. The lowest BCUT2D eigenvalue weighted by Gasteiger charge is -2.31. The van der Waals surface area contributed by atoms with Gasteiger partial charge in [0, 0.05) is 30.6 Å². The first-order valence-corrected chi connectivity index (χ1v) is 11.4. The van der Waals surface area contributed by atoms with Crippen molar-refractivity contribution in [2.45, 2.75) is 39.2 Å². The summed E-state index contributed by atoms with van der Waals surface area (Å²) in [6, 6.07) is 10.0. The van der Waals surface area contributed by atoms with Crippen molar-refractivity contribution in [3.63, 3.8) is 0 Å². The van der Waals surface area contributed by atoms with Crippen molar-refractivity contribution in [1.29, 1.82) is 0 Å². The topological polar surface area (TPSA) is 70.7 Å². The molecule has 0 bridgehead atoms. The van der Waals surface area contributed by atoms with Crippen molar-refractivity contribution in [1.82, 2.24) is 15.5 Å². The standard InChI is InChI=1S/C23H31N3O3S/c1-4-11-24-22(27)15-26-12-9-18(10-13-26)25-23(28)21-14-20(16(2)30-21)17-5-7-19(29-3)8-6-17/h5-8,14,18H,4,9-13,15H2,1-3H3,(H,24,27)(H,25,28). The summed E-state index contributed by atoms with van der Waals surface area (Å²) in [5, 5.41) is 6.09. The minimum Gasteiger partial charge on any atom is -0.497 e. The summed E-state index contributed by atoms with van der Waals surface area (Å²) in [6.45, 7) is 6.91. The first-order chi connectivity index (χ1) is 14.5. The van der Waals surface area contributed by atoms with Crippen LogP contribution in [-0.2, 0) is 4.79 Å². The number of benzene rings is 1. The third-order valence-electron chi connectivity index (χ3n) is 5.40. The monoisotopic (exact) mass is 429 g/mol. The maximum absolute atomic E-state index is 12.8. The molecule has 2 N–H and O–H groups in total. The summed E-state index contributed by atoms with van der Waals surface area (Å²) in [5.41, 5.74) is 2.17. The van der Waals surface area contributed by atoms with Gasteiger partial charge in [-0.05, 0) is 55.5 Å². The molecule has 1 aliphatic rings. The van der Waals surface area contributed by atoms with E-state index in [0.717, 1.165) is 65.5 Å². The number of ether oxygens (including phenoxy) is 1. The molecule has 1 saturated heterocycles. The Balaban J connectivity index is 1.52. The molecule has 30 heavy (non-hydrogen) atoms. The number of amides is 2. The normalized spacial score (nSPS) is 15.0. The maximum Gasteiger partial charge on any atom is 0.261 e. The number of methoxy groups -OCH3 is 1. The highest BCUT2D eigenvalue weighted by atomic mass is 32.1. The van der Waals surface area contributed by atoms with E-state index in [1.807, 2.05) is 44.2 Å². The van der Waals surface area contributed by atoms with Crippen LogP contribution in [0, 0.1) is 6.92 Å². The van der Waals surface area contributed by atoms with E-state index in [2.05, 4.69) is 15.5 Å². The lowest BCUT2D eigenvalue weighted by atomic mass is 10.0. The average molecular weight is 430 g/mol. The van der Waals surface area contributed by atoms with Gasteiger partial charge < -0.3 is 15.4 Å². The molecule has 6 nitrogen and oxygen atoms in total. The molecule has 0 unspecified atom stereocenters. The Morgan fingerprint density at radius 2 is 1.90 bits per heavy atom. The van der Waals surface area contributed by atoms with E-state index in [9.17, 15) is 9.59 Å². The number of carbonyl (C=O) groups is 2. The minimum absolute atomic E-state index is 0.0120. The molecule has 7 heteroatoms. The molecule has 162 valence electrons. The summed E-state index contributed by atoms with van der Waals surface area (Å²) in [4.78, 5) is 28.7. The average Bonchev–Trinajstić information content (AvgIpc) is 3.15. The Kier molecular flexibility index (Phi) is 7.87. The highest BCUT2D eigenvalue weighted by Crippen LogP contribution is 2.32. The Hall–Kier alpha value is -2.38. The number of piperidine rings is 1. The van der Waals surface area contributed by atoms with Crippen molar-refractivity contribution < 1.29 is 14.3 Å². The van der Waals surface area contributed by atoms with E-state index < -0.39 is 0 Å². The molecule has 1 aromatic heterocycles. The van der Waals surface area contributed by atoms with Gasteiger partial charge in [0.25, 0.3) is 5.91 Å². The minimum atomic E-state index is -0.0120. The second-order valence-electron chi connectivity index (χ2n) is 7.68. The fraction of sp³-hybridized carbons (Fsp3) is 0.478. The van der Waals surface area contributed by atoms with Crippen LogP contribution in [0.4, 0.5) is 0 Å². The number of likely N-dealkylation sites (tertiary alicyclic amines) is 1. The molecular formula is C23H31N3O3S. The van der Waals surface area contributed by atoms with Crippen molar-refractivity contribution >= 4 is 23.2 Å². The van der Waals surface area contributed by atoms with Crippen LogP contribution in [0.3, 0.4) is 0 Å². The van der Waals surface area contributed by atoms with Crippen molar-refractivity contribution in [3.05, 3.63) is 40.1 Å². The van der Waals surface area contributed by atoms with Gasteiger partial charge in [0.1, 0.15) is 5.75 Å². The Morgan fingerprint density at radius 3 is 2.53 bits per heavy atom. The van der Waals surface area contributed by atoms with Crippen LogP contribution in [0.25, 0.3) is 11.1 Å². The van der Waals surface area contributed by atoms with Gasteiger partial charge in [0.2, 0.25) is 5.91 Å². The highest BCUT2D eigenvalue weighted by Gasteiger charge is 2.23. The molecule has 0 radical (unpaired) electrons. The molecule has 0 saturated carbocycles. The molecule has 1 aromatic carbocycles. The van der Waals surface area contributed by atoms with Gasteiger partial charge in [-0.2, -0.15) is 0 Å². The zero-order valence-corrected chi connectivity index (χ0v) is 18.8. The molecule has 3 rings (SSSR count). The lowest BCUT2D eigenvalue weighted by Crippen LogP contribution is -2.47. The van der Waals surface area contributed by atoms with Crippen LogP contribution in [-0.4, -0.2) is 56.0 Å². The Bertz CT molecular complexity index is 855. The van der Waals surface area contributed by atoms with E-state index in [4.69, 9.17) is 4.74 Å². The fourth-order valence-electron chi connectivity index (χ4n) is 3.67. The van der Waals surface area contributed by atoms with Crippen LogP contribution in [0.2, 0.25) is 0 Å². The summed E-state index contributed by atoms with van der Waals surface area (Å²) in [7, 11) is 1.65. The predicted molar refractivity (Wildman–Crippen MR) is 121 cm³/mol. The first-order valence-electron chi connectivity index (χ1n) is 10.5. The second-order valence-corrected chi connectivity index (χ2v) is 8.94. The second kappa shape index (κ2) is 10.6. The van der Waals surface area contributed by atoms with Crippen LogP contribution < -0.4 is 15.4 Å². The van der Waals surface area contributed by atoms with E-state index in [0.29, 0.717) is 6.54 Å².